The third-order valence-electron chi connectivity index (χ3n) is 5.75. The molecule has 5 aromatic rings. The number of phenolic OH excluding ortho intramolecular Hbond substituents is 2. The highest BCUT2D eigenvalue weighted by Crippen LogP contribution is 2.41. The van der Waals surface area contributed by atoms with Gasteiger partial charge in [0.15, 0.2) is 11.6 Å². The van der Waals surface area contributed by atoms with E-state index < -0.39 is 5.92 Å². The van der Waals surface area contributed by atoms with Crippen molar-refractivity contribution in [2.75, 3.05) is 0 Å². The van der Waals surface area contributed by atoms with Gasteiger partial charge in [-0.15, -0.1) is 19.8 Å². The van der Waals surface area contributed by atoms with Crippen LogP contribution in [0.3, 0.4) is 0 Å². The Morgan fingerprint density at radius 2 is 1.29 bits per heavy atom. The Morgan fingerprint density at radius 3 is 1.74 bits per heavy atom. The summed E-state index contributed by atoms with van der Waals surface area (Å²) in [6.07, 6.45) is 3.20. The lowest BCUT2D eigenvalue weighted by molar-refractivity contribution is 0.458. The lowest BCUT2D eigenvalue weighted by Crippen LogP contribution is -2.06. The summed E-state index contributed by atoms with van der Waals surface area (Å²) < 4.78 is 0.859. The molecule has 0 saturated carbocycles. The third kappa shape index (κ3) is 5.32. The molecular weight excluding hydrogens is 552 g/mol. The molecule has 0 fully saturated rings. The van der Waals surface area contributed by atoms with Gasteiger partial charge in [-0.05, 0) is 99.9 Å². The van der Waals surface area contributed by atoms with Crippen LogP contribution in [0.25, 0.3) is 0 Å². The van der Waals surface area contributed by atoms with Gasteiger partial charge in [-0.25, -0.2) is 0 Å². The highest BCUT2D eigenvalue weighted by Gasteiger charge is 2.24. The molecule has 0 spiro atoms. The molecule has 3 aromatic carbocycles. The van der Waals surface area contributed by atoms with Crippen molar-refractivity contribution < 1.29 is 10.2 Å². The van der Waals surface area contributed by atoms with Crippen molar-refractivity contribution >= 4 is 28.4 Å². The molecule has 2 N–H and O–H groups in total. The minimum atomic E-state index is -0.529. The van der Waals surface area contributed by atoms with Gasteiger partial charge in [-0.2, -0.15) is 10.2 Å². The first-order chi connectivity index (χ1) is 18.4. The summed E-state index contributed by atoms with van der Waals surface area (Å²) in [5.74, 6) is 0.667. The molecule has 2 heterocycles. The Labute approximate surface area is 225 Å². The van der Waals surface area contributed by atoms with Crippen molar-refractivity contribution in [1.82, 2.24) is 40.6 Å². The molecule has 0 amide bonds. The predicted molar refractivity (Wildman–Crippen MR) is 142 cm³/mol. The van der Waals surface area contributed by atoms with Crippen LogP contribution >= 0.6 is 15.9 Å². The van der Waals surface area contributed by atoms with Crippen molar-refractivity contribution in [3.8, 4) is 11.5 Å². The zero-order valence-corrected chi connectivity index (χ0v) is 21.8. The van der Waals surface area contributed by atoms with Gasteiger partial charge in [0, 0.05) is 21.5 Å². The highest BCUT2D eigenvalue weighted by molar-refractivity contribution is 9.10. The van der Waals surface area contributed by atoms with E-state index in [1.54, 1.807) is 50.5 Å². The van der Waals surface area contributed by atoms with E-state index in [1.807, 2.05) is 36.4 Å². The van der Waals surface area contributed by atoms with Crippen molar-refractivity contribution in [3.05, 3.63) is 105 Å². The molecule has 38 heavy (non-hydrogen) atoms. The second-order valence-electron chi connectivity index (χ2n) is 8.34. The van der Waals surface area contributed by atoms with Gasteiger partial charge in [0.1, 0.15) is 11.5 Å². The van der Waals surface area contributed by atoms with Crippen molar-refractivity contribution in [2.45, 2.75) is 19.8 Å². The summed E-state index contributed by atoms with van der Waals surface area (Å²) >= 11 is 3.54. The number of hydrogen-bond donors (Lipinski definition) is 2. The summed E-state index contributed by atoms with van der Waals surface area (Å²) in [6.45, 7) is 3.48. The Balaban J connectivity index is 1.61. The summed E-state index contributed by atoms with van der Waals surface area (Å²) in [5, 5.41) is 53.0. The normalized spacial score (nSPS) is 12.5. The fraction of sp³-hybridized carbons (Fsp3) is 0.120. The van der Waals surface area contributed by atoms with E-state index >= 15 is 0 Å². The largest absolute Gasteiger partial charge is 0.508 e. The van der Waals surface area contributed by atoms with E-state index in [-0.39, 0.29) is 11.5 Å². The lowest BCUT2D eigenvalue weighted by atomic mass is 9.83. The monoisotopic (exact) mass is 572 g/mol. The highest BCUT2D eigenvalue weighted by atomic mass is 79.9. The minimum absolute atomic E-state index is 0.0634. The second-order valence-corrected chi connectivity index (χ2v) is 9.26. The van der Waals surface area contributed by atoms with Crippen molar-refractivity contribution in [1.29, 1.82) is 0 Å². The van der Waals surface area contributed by atoms with E-state index in [0.29, 0.717) is 33.9 Å². The summed E-state index contributed by atoms with van der Waals surface area (Å²) in [7, 11) is 0. The lowest BCUT2D eigenvalue weighted by Gasteiger charge is -2.22. The molecule has 0 bridgehead atoms. The number of benzene rings is 3. The van der Waals surface area contributed by atoms with Crippen LogP contribution in [-0.4, -0.2) is 63.3 Å². The minimum Gasteiger partial charge on any atom is -0.508 e. The van der Waals surface area contributed by atoms with Gasteiger partial charge in [-0.1, -0.05) is 28.1 Å². The molecule has 5 rings (SSSR count). The maximum absolute atomic E-state index is 11.0. The van der Waals surface area contributed by atoms with Crippen LogP contribution in [0, 0.1) is 13.8 Å². The number of phenols is 2. The molecule has 0 radical (unpaired) electrons. The topological polar surface area (TPSA) is 152 Å². The Kier molecular flexibility index (Phi) is 7.00. The van der Waals surface area contributed by atoms with Gasteiger partial charge >= 0.3 is 0 Å². The molecule has 12 nitrogen and oxygen atoms in total. The maximum atomic E-state index is 11.0. The predicted octanol–water partition coefficient (Wildman–Crippen LogP) is 3.39. The molecule has 0 unspecified atom stereocenters. The third-order valence-corrected chi connectivity index (χ3v) is 6.24. The molecule has 13 heteroatoms. The standard InChI is InChI=1S/C25H21BrN10O2/c1-15-29-31-33-35(15)27-13-17-6-8-23(37)21(10-17)25(19-4-3-5-20(26)12-19)22-11-18(7-9-24(22)38)14-28-36-16(2)30-32-34-36/h3-14,25,37-38H,1-2H3. The van der Waals surface area contributed by atoms with Gasteiger partial charge < -0.3 is 10.2 Å². The van der Waals surface area contributed by atoms with E-state index in [2.05, 4.69) is 57.2 Å². The summed E-state index contributed by atoms with van der Waals surface area (Å²) in [6, 6.07) is 18.0. The molecule has 2 aromatic heterocycles. The van der Waals surface area contributed by atoms with Crippen molar-refractivity contribution in [2.24, 2.45) is 10.2 Å². The zero-order valence-electron chi connectivity index (χ0n) is 20.3. The first kappa shape index (κ1) is 24.9. The molecule has 0 saturated heterocycles. The van der Waals surface area contributed by atoms with E-state index in [1.165, 1.54) is 9.58 Å². The molecule has 0 aliphatic heterocycles. The molecule has 0 aliphatic carbocycles. The Bertz CT molecular complexity index is 1560. The van der Waals surface area contributed by atoms with Crippen LogP contribution in [0.2, 0.25) is 0 Å². The fourth-order valence-corrected chi connectivity index (χ4v) is 4.31. The average Bonchev–Trinajstić information content (AvgIpc) is 3.51. The SMILES string of the molecule is Cc1nnnn1N=Cc1ccc(O)c(C(c2cccc(Br)c2)c2cc(C=Nn3nnnc3C)ccc2O)c1. The first-order valence-electron chi connectivity index (χ1n) is 11.4. The van der Waals surface area contributed by atoms with Crippen LogP contribution in [0.5, 0.6) is 11.5 Å². The number of aromatic nitrogens is 8. The van der Waals surface area contributed by atoms with Gasteiger partial charge in [0.05, 0.1) is 12.4 Å². The molecular formula is C25H21BrN10O2. The van der Waals surface area contributed by atoms with Gasteiger partial charge in [0.2, 0.25) is 0 Å². The molecule has 190 valence electrons. The first-order valence-corrected chi connectivity index (χ1v) is 12.2. The van der Waals surface area contributed by atoms with Crippen LogP contribution in [0.1, 0.15) is 45.4 Å². The number of aryl methyl sites for hydroxylation is 2. The number of tetrazole rings is 2. The quantitative estimate of drug-likeness (QED) is 0.222. The molecule has 0 aliphatic rings. The Morgan fingerprint density at radius 1 is 0.763 bits per heavy atom. The van der Waals surface area contributed by atoms with Crippen LogP contribution < -0.4 is 0 Å². The van der Waals surface area contributed by atoms with Crippen LogP contribution in [0.4, 0.5) is 0 Å². The number of hydrogen-bond acceptors (Lipinski definition) is 10. The second kappa shape index (κ2) is 10.7. The van der Waals surface area contributed by atoms with Crippen LogP contribution in [-0.2, 0) is 0 Å². The summed E-state index contributed by atoms with van der Waals surface area (Å²) in [4.78, 5) is 2.61. The number of rotatable bonds is 7. The van der Waals surface area contributed by atoms with Gasteiger partial charge in [-0.3, -0.25) is 0 Å². The smallest absolute Gasteiger partial charge is 0.173 e. The number of halogens is 1. The van der Waals surface area contributed by atoms with Gasteiger partial charge in [0.25, 0.3) is 0 Å². The van der Waals surface area contributed by atoms with E-state index in [9.17, 15) is 10.2 Å². The maximum Gasteiger partial charge on any atom is 0.173 e. The number of nitrogens with zero attached hydrogens (tertiary/aromatic N) is 10. The zero-order chi connectivity index (χ0) is 26.6. The number of aromatic hydroxyl groups is 2. The molecule has 0 atom stereocenters. The van der Waals surface area contributed by atoms with Crippen molar-refractivity contribution in [3.63, 3.8) is 0 Å². The fourth-order valence-electron chi connectivity index (χ4n) is 3.89. The summed E-state index contributed by atoms with van der Waals surface area (Å²) in [5.41, 5.74) is 3.40. The van der Waals surface area contributed by atoms with E-state index in [4.69, 9.17) is 0 Å². The Hall–Kier alpha value is -4.78. The van der Waals surface area contributed by atoms with Crippen LogP contribution in [0.15, 0.2) is 75.3 Å². The average molecular weight is 573 g/mol. The van der Waals surface area contributed by atoms with E-state index in [0.717, 1.165) is 10.0 Å².